The van der Waals surface area contributed by atoms with Crippen LogP contribution in [0.4, 0.5) is 0 Å². The van der Waals surface area contributed by atoms with Crippen LogP contribution in [0.5, 0.6) is 0 Å². The van der Waals surface area contributed by atoms with Gasteiger partial charge in [-0.2, -0.15) is 0 Å². The Balaban J connectivity index is 1.93. The maximum absolute atomic E-state index is 5.96. The molecule has 0 aliphatic rings. The summed E-state index contributed by atoms with van der Waals surface area (Å²) < 4.78 is 7.32. The average molecular weight is 250 g/mol. The maximum atomic E-state index is 5.96. The van der Waals surface area contributed by atoms with Crippen molar-refractivity contribution in [3.8, 4) is 11.8 Å². The predicted molar refractivity (Wildman–Crippen MR) is 70.7 cm³/mol. The molecule has 5 nitrogen and oxygen atoms in total. The summed E-state index contributed by atoms with van der Waals surface area (Å²) in [5.41, 5.74) is 5.96. The maximum Gasteiger partial charge on any atom is 0.0692 e. The number of rotatable bonds is 9. The van der Waals surface area contributed by atoms with Gasteiger partial charge in [0.1, 0.15) is 0 Å². The van der Waals surface area contributed by atoms with Gasteiger partial charge in [0.2, 0.25) is 0 Å². The Kier molecular flexibility index (Phi) is 7.85. The number of aryl methyl sites for hydroxylation is 1. The number of aromatic nitrogens is 3. The zero-order valence-electron chi connectivity index (χ0n) is 11.0. The van der Waals surface area contributed by atoms with Gasteiger partial charge in [-0.3, -0.25) is 4.68 Å². The summed E-state index contributed by atoms with van der Waals surface area (Å²) in [5.74, 6) is 5.87. The van der Waals surface area contributed by atoms with E-state index in [4.69, 9.17) is 10.5 Å². The molecule has 0 fully saturated rings. The van der Waals surface area contributed by atoms with E-state index in [-0.39, 0.29) is 6.04 Å². The van der Waals surface area contributed by atoms with E-state index in [1.807, 2.05) is 17.8 Å². The van der Waals surface area contributed by atoms with E-state index >= 15 is 0 Å². The highest BCUT2D eigenvalue weighted by atomic mass is 16.5. The van der Waals surface area contributed by atoms with Crippen molar-refractivity contribution in [3.05, 3.63) is 12.4 Å². The molecule has 2 N–H and O–H groups in total. The second kappa shape index (κ2) is 9.63. The molecule has 0 radical (unpaired) electrons. The molecule has 1 heterocycles. The molecule has 0 saturated heterocycles. The first-order chi connectivity index (χ1) is 8.83. The third kappa shape index (κ3) is 7.05. The van der Waals surface area contributed by atoms with Crippen molar-refractivity contribution in [2.45, 2.75) is 45.2 Å². The summed E-state index contributed by atoms with van der Waals surface area (Å²) >= 11 is 0. The van der Waals surface area contributed by atoms with Crippen LogP contribution in [-0.4, -0.2) is 34.2 Å². The lowest BCUT2D eigenvalue weighted by Gasteiger charge is -2.11. The van der Waals surface area contributed by atoms with Crippen molar-refractivity contribution in [2.24, 2.45) is 5.73 Å². The molecule has 0 spiro atoms. The number of nitrogens with zero attached hydrogens (tertiary/aromatic N) is 3. The van der Waals surface area contributed by atoms with Crippen LogP contribution in [0.2, 0.25) is 0 Å². The van der Waals surface area contributed by atoms with Crippen molar-refractivity contribution in [1.82, 2.24) is 15.0 Å². The van der Waals surface area contributed by atoms with Crippen molar-refractivity contribution in [1.29, 1.82) is 0 Å². The fourth-order valence-electron chi connectivity index (χ4n) is 1.57. The zero-order chi connectivity index (χ0) is 13.1. The fraction of sp³-hybridized carbons (Fsp3) is 0.692. The van der Waals surface area contributed by atoms with Gasteiger partial charge in [0.25, 0.3) is 0 Å². The molecule has 18 heavy (non-hydrogen) atoms. The van der Waals surface area contributed by atoms with Crippen LogP contribution in [0.1, 0.15) is 32.6 Å². The van der Waals surface area contributed by atoms with Crippen LogP contribution in [-0.2, 0) is 11.3 Å². The van der Waals surface area contributed by atoms with Crippen LogP contribution < -0.4 is 5.73 Å². The topological polar surface area (TPSA) is 66.0 Å². The van der Waals surface area contributed by atoms with Crippen molar-refractivity contribution < 1.29 is 4.74 Å². The van der Waals surface area contributed by atoms with Gasteiger partial charge in [-0.05, 0) is 26.2 Å². The van der Waals surface area contributed by atoms with E-state index in [1.54, 1.807) is 6.20 Å². The predicted octanol–water partition coefficient (Wildman–Crippen LogP) is 1.21. The number of nitrogens with two attached hydrogens (primary N) is 1. The number of ether oxygens (including phenoxy) is 1. The molecule has 5 heteroatoms. The van der Waals surface area contributed by atoms with Gasteiger partial charge in [0.15, 0.2) is 0 Å². The summed E-state index contributed by atoms with van der Waals surface area (Å²) in [7, 11) is 0. The van der Waals surface area contributed by atoms with E-state index < -0.39 is 0 Å². The molecule has 0 aromatic carbocycles. The SMILES string of the molecule is CC#CCCCOCC(N)CCCn1ccnn1. The summed E-state index contributed by atoms with van der Waals surface area (Å²) in [6, 6.07) is 0.103. The lowest BCUT2D eigenvalue weighted by molar-refractivity contribution is 0.116. The second-order valence-corrected chi connectivity index (χ2v) is 4.17. The zero-order valence-corrected chi connectivity index (χ0v) is 11.0. The van der Waals surface area contributed by atoms with Gasteiger partial charge in [-0.25, -0.2) is 0 Å². The monoisotopic (exact) mass is 250 g/mol. The molecular weight excluding hydrogens is 228 g/mol. The lowest BCUT2D eigenvalue weighted by Crippen LogP contribution is -2.26. The molecule has 0 bridgehead atoms. The standard InChI is InChI=1S/C13H22N4O/c1-2-3-4-5-11-18-12-13(14)7-6-9-17-10-8-15-16-17/h8,10,13H,4-7,9,11-12,14H2,1H3. The average Bonchev–Trinajstić information content (AvgIpc) is 2.87. The van der Waals surface area contributed by atoms with E-state index in [2.05, 4.69) is 22.2 Å². The van der Waals surface area contributed by atoms with Crippen molar-refractivity contribution >= 4 is 0 Å². The van der Waals surface area contributed by atoms with E-state index in [0.717, 1.165) is 38.8 Å². The van der Waals surface area contributed by atoms with Gasteiger partial charge in [-0.1, -0.05) is 5.21 Å². The number of hydrogen-bond acceptors (Lipinski definition) is 4. The molecule has 0 amide bonds. The Hall–Kier alpha value is -1.38. The van der Waals surface area contributed by atoms with Crippen molar-refractivity contribution in [3.63, 3.8) is 0 Å². The van der Waals surface area contributed by atoms with Crippen LogP contribution in [0, 0.1) is 11.8 Å². The first kappa shape index (κ1) is 14.7. The summed E-state index contributed by atoms with van der Waals surface area (Å²) in [4.78, 5) is 0. The normalized spacial score (nSPS) is 11.9. The first-order valence-electron chi connectivity index (χ1n) is 6.40. The van der Waals surface area contributed by atoms with Crippen LogP contribution in [0.3, 0.4) is 0 Å². The summed E-state index contributed by atoms with van der Waals surface area (Å²) in [6.45, 7) is 4.08. The van der Waals surface area contributed by atoms with E-state index in [1.165, 1.54) is 0 Å². The van der Waals surface area contributed by atoms with Crippen LogP contribution >= 0.6 is 0 Å². The molecule has 1 aromatic heterocycles. The minimum Gasteiger partial charge on any atom is -0.380 e. The Morgan fingerprint density at radius 1 is 1.44 bits per heavy atom. The molecule has 1 atom stereocenters. The largest absolute Gasteiger partial charge is 0.380 e. The molecule has 0 aliphatic carbocycles. The third-order valence-corrected chi connectivity index (χ3v) is 2.53. The molecule has 100 valence electrons. The number of hydrogen-bond donors (Lipinski definition) is 1. The molecule has 0 saturated carbocycles. The van der Waals surface area contributed by atoms with E-state index in [9.17, 15) is 0 Å². The van der Waals surface area contributed by atoms with E-state index in [0.29, 0.717) is 6.61 Å². The van der Waals surface area contributed by atoms with Gasteiger partial charge >= 0.3 is 0 Å². The minimum atomic E-state index is 0.103. The van der Waals surface area contributed by atoms with Crippen LogP contribution in [0.15, 0.2) is 12.4 Å². The second-order valence-electron chi connectivity index (χ2n) is 4.17. The Morgan fingerprint density at radius 3 is 3.06 bits per heavy atom. The third-order valence-electron chi connectivity index (χ3n) is 2.53. The fourth-order valence-corrected chi connectivity index (χ4v) is 1.57. The Morgan fingerprint density at radius 2 is 2.33 bits per heavy atom. The summed E-state index contributed by atoms with van der Waals surface area (Å²) in [6.07, 6.45) is 7.35. The van der Waals surface area contributed by atoms with Gasteiger partial charge < -0.3 is 10.5 Å². The first-order valence-corrected chi connectivity index (χ1v) is 6.40. The van der Waals surface area contributed by atoms with Gasteiger partial charge in [0.05, 0.1) is 12.8 Å². The molecule has 1 unspecified atom stereocenters. The molecule has 1 aromatic rings. The lowest BCUT2D eigenvalue weighted by atomic mass is 10.2. The van der Waals surface area contributed by atoms with Crippen molar-refractivity contribution in [2.75, 3.05) is 13.2 Å². The van der Waals surface area contributed by atoms with Crippen LogP contribution in [0.25, 0.3) is 0 Å². The Bertz CT molecular complexity index is 353. The Labute approximate surface area is 109 Å². The molecule has 1 rings (SSSR count). The summed E-state index contributed by atoms with van der Waals surface area (Å²) in [5, 5.41) is 7.65. The molecule has 0 aliphatic heterocycles. The highest BCUT2D eigenvalue weighted by molar-refractivity contribution is 4.94. The highest BCUT2D eigenvalue weighted by Gasteiger charge is 2.02. The van der Waals surface area contributed by atoms with Gasteiger partial charge in [0, 0.05) is 31.8 Å². The minimum absolute atomic E-state index is 0.103. The highest BCUT2D eigenvalue weighted by Crippen LogP contribution is 1.99. The molecular formula is C13H22N4O. The van der Waals surface area contributed by atoms with Gasteiger partial charge in [-0.15, -0.1) is 16.9 Å². The number of unbranched alkanes of at least 4 members (excludes halogenated alkanes) is 1. The quantitative estimate of drug-likeness (QED) is 0.528. The smallest absolute Gasteiger partial charge is 0.0692 e.